The number of benzene rings is 1. The molecule has 7 heteroatoms. The van der Waals surface area contributed by atoms with Gasteiger partial charge in [0.2, 0.25) is 5.91 Å². The molecule has 1 aromatic carbocycles. The maximum absolute atomic E-state index is 12.1. The van der Waals surface area contributed by atoms with Crippen molar-refractivity contribution in [2.24, 2.45) is 5.92 Å². The Labute approximate surface area is 158 Å². The van der Waals surface area contributed by atoms with Crippen LogP contribution in [0, 0.1) is 12.8 Å². The Hall–Kier alpha value is -1.63. The normalized spacial score (nSPS) is 16.3. The first-order valence-electron chi connectivity index (χ1n) is 8.27. The van der Waals surface area contributed by atoms with Gasteiger partial charge in [0.15, 0.2) is 5.13 Å². The van der Waals surface area contributed by atoms with Gasteiger partial charge in [-0.3, -0.25) is 4.79 Å². The minimum Gasteiger partial charge on any atom is -0.496 e. The highest BCUT2D eigenvalue weighted by atomic mass is 35.5. The highest BCUT2D eigenvalue weighted by Crippen LogP contribution is 2.33. The van der Waals surface area contributed by atoms with Crippen molar-refractivity contribution in [3.05, 3.63) is 29.1 Å². The van der Waals surface area contributed by atoms with Crippen LogP contribution in [0.15, 0.2) is 23.6 Å². The molecule has 2 aromatic rings. The number of hydrogen-bond acceptors (Lipinski definition) is 5. The van der Waals surface area contributed by atoms with Crippen LogP contribution >= 0.6 is 23.7 Å². The monoisotopic (exact) mass is 381 g/mol. The molecule has 0 spiro atoms. The SMILES string of the molecule is COc1ccc(C)cc1-c1csc(NC(=O)CCC2CCNC2)n1.Cl. The van der Waals surface area contributed by atoms with Gasteiger partial charge >= 0.3 is 0 Å². The van der Waals surface area contributed by atoms with Crippen LogP contribution in [0.5, 0.6) is 5.75 Å². The zero-order valence-corrected chi connectivity index (χ0v) is 16.1. The molecule has 1 aliphatic heterocycles. The smallest absolute Gasteiger partial charge is 0.226 e. The maximum Gasteiger partial charge on any atom is 0.226 e. The fraction of sp³-hybridized carbons (Fsp3) is 0.444. The van der Waals surface area contributed by atoms with Crippen LogP contribution < -0.4 is 15.4 Å². The van der Waals surface area contributed by atoms with Crippen LogP contribution in [-0.4, -0.2) is 31.1 Å². The van der Waals surface area contributed by atoms with E-state index in [0.29, 0.717) is 17.5 Å². The van der Waals surface area contributed by atoms with Crippen LogP contribution in [-0.2, 0) is 4.79 Å². The molecule has 0 saturated carbocycles. The highest BCUT2D eigenvalue weighted by Gasteiger charge is 2.16. The molecule has 25 heavy (non-hydrogen) atoms. The summed E-state index contributed by atoms with van der Waals surface area (Å²) in [5, 5.41) is 8.84. The summed E-state index contributed by atoms with van der Waals surface area (Å²) in [7, 11) is 1.65. The summed E-state index contributed by atoms with van der Waals surface area (Å²) >= 11 is 1.44. The molecule has 0 bridgehead atoms. The molecular weight excluding hydrogens is 358 g/mol. The Balaban J connectivity index is 0.00000225. The molecule has 1 aliphatic rings. The van der Waals surface area contributed by atoms with Crippen molar-refractivity contribution in [1.29, 1.82) is 0 Å². The van der Waals surface area contributed by atoms with Crippen LogP contribution in [0.3, 0.4) is 0 Å². The number of aryl methyl sites for hydroxylation is 1. The molecule has 1 atom stereocenters. The first-order valence-corrected chi connectivity index (χ1v) is 9.15. The number of ether oxygens (including phenoxy) is 1. The number of amides is 1. The van der Waals surface area contributed by atoms with Crippen molar-refractivity contribution in [2.75, 3.05) is 25.5 Å². The van der Waals surface area contributed by atoms with Gasteiger partial charge in [-0.15, -0.1) is 23.7 Å². The number of nitrogens with zero attached hydrogens (tertiary/aromatic N) is 1. The van der Waals surface area contributed by atoms with Gasteiger partial charge in [-0.2, -0.15) is 0 Å². The predicted octanol–water partition coefficient (Wildman–Crippen LogP) is 3.88. The van der Waals surface area contributed by atoms with Crippen molar-refractivity contribution in [1.82, 2.24) is 10.3 Å². The van der Waals surface area contributed by atoms with Crippen molar-refractivity contribution < 1.29 is 9.53 Å². The second-order valence-corrected chi connectivity index (χ2v) is 7.05. The van der Waals surface area contributed by atoms with Crippen molar-refractivity contribution in [3.8, 4) is 17.0 Å². The van der Waals surface area contributed by atoms with E-state index < -0.39 is 0 Å². The van der Waals surface area contributed by atoms with E-state index in [0.717, 1.165) is 42.1 Å². The quantitative estimate of drug-likeness (QED) is 0.797. The van der Waals surface area contributed by atoms with Gasteiger partial charge in [0.25, 0.3) is 0 Å². The highest BCUT2D eigenvalue weighted by molar-refractivity contribution is 7.14. The van der Waals surface area contributed by atoms with E-state index >= 15 is 0 Å². The predicted molar refractivity (Wildman–Crippen MR) is 105 cm³/mol. The van der Waals surface area contributed by atoms with E-state index in [4.69, 9.17) is 4.74 Å². The molecule has 0 aliphatic carbocycles. The summed E-state index contributed by atoms with van der Waals surface area (Å²) in [5.41, 5.74) is 2.93. The first kappa shape index (κ1) is 19.7. The minimum atomic E-state index is 0. The molecule has 1 fully saturated rings. The van der Waals surface area contributed by atoms with Crippen LogP contribution in [0.1, 0.15) is 24.8 Å². The van der Waals surface area contributed by atoms with E-state index in [1.165, 1.54) is 17.8 Å². The Morgan fingerprint density at radius 2 is 2.32 bits per heavy atom. The Bertz CT molecular complexity index is 714. The third-order valence-corrected chi connectivity index (χ3v) is 5.08. The Kier molecular flexibility index (Phi) is 7.23. The number of halogens is 1. The van der Waals surface area contributed by atoms with Crippen LogP contribution in [0.25, 0.3) is 11.3 Å². The number of rotatable bonds is 6. The van der Waals surface area contributed by atoms with E-state index in [9.17, 15) is 4.79 Å². The summed E-state index contributed by atoms with van der Waals surface area (Å²) in [5.74, 6) is 1.45. The summed E-state index contributed by atoms with van der Waals surface area (Å²) in [6.07, 6.45) is 2.65. The van der Waals surface area contributed by atoms with Gasteiger partial charge in [0, 0.05) is 17.4 Å². The lowest BCUT2D eigenvalue weighted by Crippen LogP contribution is -2.14. The summed E-state index contributed by atoms with van der Waals surface area (Å²) in [6.45, 7) is 4.14. The number of carbonyl (C=O) groups excluding carboxylic acids is 1. The van der Waals surface area contributed by atoms with Crippen LogP contribution in [0.2, 0.25) is 0 Å². The molecule has 1 saturated heterocycles. The molecule has 2 N–H and O–H groups in total. The number of hydrogen-bond donors (Lipinski definition) is 2. The van der Waals surface area contributed by atoms with Gasteiger partial charge < -0.3 is 15.4 Å². The molecule has 1 aromatic heterocycles. The van der Waals surface area contributed by atoms with E-state index in [1.807, 2.05) is 30.5 Å². The van der Waals surface area contributed by atoms with Gasteiger partial charge in [0.1, 0.15) is 5.75 Å². The number of aromatic nitrogens is 1. The summed E-state index contributed by atoms with van der Waals surface area (Å²) in [4.78, 5) is 16.6. The third-order valence-electron chi connectivity index (χ3n) is 4.32. The number of carbonyl (C=O) groups is 1. The number of nitrogens with one attached hydrogen (secondary N) is 2. The molecule has 1 amide bonds. The zero-order valence-electron chi connectivity index (χ0n) is 14.5. The average Bonchev–Trinajstić information content (AvgIpc) is 3.24. The Morgan fingerprint density at radius 1 is 1.48 bits per heavy atom. The van der Waals surface area contributed by atoms with Crippen molar-refractivity contribution in [3.63, 3.8) is 0 Å². The molecule has 1 unspecified atom stereocenters. The lowest BCUT2D eigenvalue weighted by molar-refractivity contribution is -0.116. The average molecular weight is 382 g/mol. The van der Waals surface area contributed by atoms with Gasteiger partial charge in [-0.25, -0.2) is 4.98 Å². The third kappa shape index (κ3) is 5.17. The van der Waals surface area contributed by atoms with Crippen molar-refractivity contribution >= 4 is 34.8 Å². The molecule has 136 valence electrons. The zero-order chi connectivity index (χ0) is 16.9. The number of anilines is 1. The molecule has 5 nitrogen and oxygen atoms in total. The second-order valence-electron chi connectivity index (χ2n) is 6.19. The van der Waals surface area contributed by atoms with Crippen molar-refractivity contribution in [2.45, 2.75) is 26.2 Å². The summed E-state index contributed by atoms with van der Waals surface area (Å²) in [6, 6.07) is 6.00. The Morgan fingerprint density at radius 3 is 3.04 bits per heavy atom. The first-order chi connectivity index (χ1) is 11.7. The number of thiazole rings is 1. The summed E-state index contributed by atoms with van der Waals surface area (Å²) < 4.78 is 5.41. The number of methoxy groups -OCH3 is 1. The van der Waals surface area contributed by atoms with E-state index in [-0.39, 0.29) is 18.3 Å². The fourth-order valence-corrected chi connectivity index (χ4v) is 3.68. The maximum atomic E-state index is 12.1. The molecular formula is C18H24ClN3O2S. The van der Waals surface area contributed by atoms with Gasteiger partial charge in [-0.05, 0) is 50.9 Å². The fourth-order valence-electron chi connectivity index (χ4n) is 2.95. The molecule has 0 radical (unpaired) electrons. The minimum absolute atomic E-state index is 0. The largest absolute Gasteiger partial charge is 0.496 e. The lowest BCUT2D eigenvalue weighted by Gasteiger charge is -2.08. The second kappa shape index (κ2) is 9.17. The lowest BCUT2D eigenvalue weighted by atomic mass is 10.0. The molecule has 2 heterocycles. The van der Waals surface area contributed by atoms with Crippen LogP contribution in [0.4, 0.5) is 5.13 Å². The van der Waals surface area contributed by atoms with Gasteiger partial charge in [0.05, 0.1) is 12.8 Å². The van der Waals surface area contributed by atoms with E-state index in [1.54, 1.807) is 7.11 Å². The van der Waals surface area contributed by atoms with Gasteiger partial charge in [-0.1, -0.05) is 11.6 Å². The topological polar surface area (TPSA) is 63.2 Å². The molecule has 3 rings (SSSR count). The van der Waals surface area contributed by atoms with E-state index in [2.05, 4.69) is 15.6 Å². The standard InChI is InChI=1S/C18H23N3O2S.ClH/c1-12-3-5-16(23-2)14(9-12)15-11-24-18(20-15)21-17(22)6-4-13-7-8-19-10-13;/h3,5,9,11,13,19H,4,6-8,10H2,1-2H3,(H,20,21,22);1H.